The van der Waals surface area contributed by atoms with Gasteiger partial charge >= 0.3 is 0 Å². The van der Waals surface area contributed by atoms with Crippen molar-refractivity contribution in [2.45, 2.75) is 26.2 Å². The van der Waals surface area contributed by atoms with Crippen LogP contribution in [-0.4, -0.2) is 22.3 Å². The molecular weight excluding hydrogens is 266 g/mol. The van der Waals surface area contributed by atoms with Crippen LogP contribution in [0.3, 0.4) is 0 Å². The van der Waals surface area contributed by atoms with Gasteiger partial charge in [-0.2, -0.15) is 11.8 Å². The molecule has 0 radical (unpaired) electrons. The summed E-state index contributed by atoms with van der Waals surface area (Å²) in [6.45, 7) is 1.99. The molecule has 3 heteroatoms. The summed E-state index contributed by atoms with van der Waals surface area (Å²) in [5.41, 5.74) is 2.81. The van der Waals surface area contributed by atoms with Crippen LogP contribution in [0.5, 0.6) is 0 Å². The van der Waals surface area contributed by atoms with E-state index in [1.165, 1.54) is 24.3 Å². The lowest BCUT2D eigenvalue weighted by atomic mass is 9.93. The fraction of sp³-hybridized carbons (Fsp3) is 0.412. The lowest BCUT2D eigenvalue weighted by molar-refractivity contribution is 0.0959. The Bertz CT molecular complexity index is 632. The summed E-state index contributed by atoms with van der Waals surface area (Å²) in [5.74, 6) is 3.28. The zero-order valence-electron chi connectivity index (χ0n) is 11.8. The third-order valence-electron chi connectivity index (χ3n) is 3.97. The van der Waals surface area contributed by atoms with Gasteiger partial charge in [0.15, 0.2) is 5.78 Å². The number of hydrogen-bond donors (Lipinski definition) is 0. The average Bonchev–Trinajstić information content (AvgIpc) is 2.47. The molecule has 0 amide bonds. The van der Waals surface area contributed by atoms with Crippen LogP contribution >= 0.6 is 11.8 Å². The minimum Gasteiger partial charge on any atom is -0.294 e. The molecule has 2 heterocycles. The van der Waals surface area contributed by atoms with E-state index in [1.54, 1.807) is 0 Å². The molecule has 1 aliphatic heterocycles. The van der Waals surface area contributed by atoms with E-state index in [0.717, 1.165) is 22.2 Å². The summed E-state index contributed by atoms with van der Waals surface area (Å²) in [6, 6.07) is 9.92. The Labute approximate surface area is 124 Å². The number of fused-ring (bicyclic) bond motifs is 1. The lowest BCUT2D eigenvalue weighted by Gasteiger charge is -2.20. The predicted molar refractivity (Wildman–Crippen MR) is 85.5 cm³/mol. The molecule has 104 valence electrons. The highest BCUT2D eigenvalue weighted by molar-refractivity contribution is 7.99. The molecule has 1 aliphatic rings. The van der Waals surface area contributed by atoms with E-state index in [-0.39, 0.29) is 5.78 Å². The van der Waals surface area contributed by atoms with E-state index in [9.17, 15) is 4.79 Å². The van der Waals surface area contributed by atoms with Gasteiger partial charge in [0.25, 0.3) is 0 Å². The summed E-state index contributed by atoms with van der Waals surface area (Å²) in [5, 5.41) is 1.06. The Hall–Kier alpha value is -1.35. The van der Waals surface area contributed by atoms with Gasteiger partial charge in [-0.15, -0.1) is 0 Å². The van der Waals surface area contributed by atoms with Gasteiger partial charge in [-0.1, -0.05) is 6.07 Å². The Morgan fingerprint density at radius 1 is 1.25 bits per heavy atom. The van der Waals surface area contributed by atoms with Gasteiger partial charge in [0, 0.05) is 23.1 Å². The van der Waals surface area contributed by atoms with Crippen molar-refractivity contribution in [1.82, 2.24) is 4.98 Å². The van der Waals surface area contributed by atoms with Crippen LogP contribution in [0.15, 0.2) is 30.3 Å². The van der Waals surface area contributed by atoms with E-state index < -0.39 is 0 Å². The van der Waals surface area contributed by atoms with Crippen molar-refractivity contribution in [2.75, 3.05) is 11.5 Å². The first-order chi connectivity index (χ1) is 9.72. The minimum absolute atomic E-state index is 0.282. The van der Waals surface area contributed by atoms with Crippen molar-refractivity contribution >= 4 is 28.4 Å². The number of rotatable bonds is 3. The van der Waals surface area contributed by atoms with Crippen molar-refractivity contribution in [3.05, 3.63) is 41.6 Å². The van der Waals surface area contributed by atoms with Gasteiger partial charge in [0.2, 0.25) is 0 Å². The second-order valence-corrected chi connectivity index (χ2v) is 6.77. The molecule has 0 bridgehead atoms. The molecule has 0 aliphatic carbocycles. The number of ketones is 1. The molecule has 1 fully saturated rings. The van der Waals surface area contributed by atoms with E-state index in [0.29, 0.717) is 12.3 Å². The van der Waals surface area contributed by atoms with Crippen molar-refractivity contribution in [2.24, 2.45) is 5.92 Å². The number of aryl methyl sites for hydroxylation is 1. The lowest BCUT2D eigenvalue weighted by Crippen LogP contribution is -2.14. The van der Waals surface area contributed by atoms with Crippen molar-refractivity contribution in [3.63, 3.8) is 0 Å². The zero-order valence-corrected chi connectivity index (χ0v) is 12.6. The van der Waals surface area contributed by atoms with Crippen LogP contribution < -0.4 is 0 Å². The fourth-order valence-electron chi connectivity index (χ4n) is 2.73. The standard InChI is InChI=1S/C17H19NOS/c1-12-2-3-14-11-15(4-5-16(14)18-12)17(19)10-13-6-8-20-9-7-13/h2-5,11,13H,6-10H2,1H3. The van der Waals surface area contributed by atoms with Crippen LogP contribution in [0.4, 0.5) is 0 Å². The van der Waals surface area contributed by atoms with Crippen LogP contribution in [0.25, 0.3) is 10.9 Å². The van der Waals surface area contributed by atoms with Crippen molar-refractivity contribution in [1.29, 1.82) is 0 Å². The van der Waals surface area contributed by atoms with Gasteiger partial charge in [0.05, 0.1) is 5.52 Å². The molecular formula is C17H19NOS. The number of nitrogens with zero attached hydrogens (tertiary/aromatic N) is 1. The summed E-state index contributed by atoms with van der Waals surface area (Å²) < 4.78 is 0. The number of thioether (sulfide) groups is 1. The third-order valence-corrected chi connectivity index (χ3v) is 5.01. The molecule has 0 unspecified atom stereocenters. The molecule has 1 aromatic heterocycles. The highest BCUT2D eigenvalue weighted by Gasteiger charge is 2.18. The highest BCUT2D eigenvalue weighted by Crippen LogP contribution is 2.27. The van der Waals surface area contributed by atoms with Gasteiger partial charge in [-0.05, 0) is 61.5 Å². The summed E-state index contributed by atoms with van der Waals surface area (Å²) in [6.07, 6.45) is 3.07. The maximum atomic E-state index is 12.4. The number of benzene rings is 1. The molecule has 0 spiro atoms. The quantitative estimate of drug-likeness (QED) is 0.789. The number of aromatic nitrogens is 1. The molecule has 3 rings (SSSR count). The van der Waals surface area contributed by atoms with Crippen molar-refractivity contribution < 1.29 is 4.79 Å². The Morgan fingerprint density at radius 3 is 2.85 bits per heavy atom. The molecule has 0 atom stereocenters. The number of carbonyl (C=O) groups excluding carboxylic acids is 1. The maximum absolute atomic E-state index is 12.4. The average molecular weight is 285 g/mol. The highest BCUT2D eigenvalue weighted by atomic mass is 32.2. The monoisotopic (exact) mass is 285 g/mol. The fourth-order valence-corrected chi connectivity index (χ4v) is 3.94. The molecule has 0 saturated carbocycles. The summed E-state index contributed by atoms with van der Waals surface area (Å²) in [7, 11) is 0. The van der Waals surface area contributed by atoms with Gasteiger partial charge in [0.1, 0.15) is 0 Å². The molecule has 20 heavy (non-hydrogen) atoms. The second kappa shape index (κ2) is 5.96. The van der Waals surface area contributed by atoms with Crippen LogP contribution in [0.1, 0.15) is 35.3 Å². The summed E-state index contributed by atoms with van der Waals surface area (Å²) in [4.78, 5) is 16.9. The van der Waals surface area contributed by atoms with E-state index in [4.69, 9.17) is 0 Å². The van der Waals surface area contributed by atoms with Crippen molar-refractivity contribution in [3.8, 4) is 0 Å². The van der Waals surface area contributed by atoms with Crippen LogP contribution in [0.2, 0.25) is 0 Å². The zero-order chi connectivity index (χ0) is 13.9. The number of Topliss-reactive ketones (excluding diaryl/α,β-unsaturated/α-hetero) is 1. The minimum atomic E-state index is 0.282. The summed E-state index contributed by atoms with van der Waals surface area (Å²) >= 11 is 2.01. The van der Waals surface area contributed by atoms with Gasteiger partial charge < -0.3 is 0 Å². The van der Waals surface area contributed by atoms with Crippen LogP contribution in [-0.2, 0) is 0 Å². The first kappa shape index (κ1) is 13.6. The molecule has 2 aromatic rings. The largest absolute Gasteiger partial charge is 0.294 e. The Balaban J connectivity index is 1.78. The Kier molecular flexibility index (Phi) is 4.06. The topological polar surface area (TPSA) is 30.0 Å². The maximum Gasteiger partial charge on any atom is 0.163 e. The Morgan fingerprint density at radius 2 is 2.05 bits per heavy atom. The molecule has 1 aromatic carbocycles. The number of pyridine rings is 1. The predicted octanol–water partition coefficient (Wildman–Crippen LogP) is 4.26. The molecule has 1 saturated heterocycles. The number of hydrogen-bond acceptors (Lipinski definition) is 3. The SMILES string of the molecule is Cc1ccc2cc(C(=O)CC3CCSCC3)ccc2n1. The number of carbonyl (C=O) groups is 1. The second-order valence-electron chi connectivity index (χ2n) is 5.54. The van der Waals surface area contributed by atoms with Crippen LogP contribution in [0, 0.1) is 12.8 Å². The molecule has 0 N–H and O–H groups in total. The first-order valence-electron chi connectivity index (χ1n) is 7.21. The smallest absolute Gasteiger partial charge is 0.163 e. The molecule has 2 nitrogen and oxygen atoms in total. The van der Waals surface area contributed by atoms with E-state index >= 15 is 0 Å². The van der Waals surface area contributed by atoms with Gasteiger partial charge in [-0.25, -0.2) is 0 Å². The van der Waals surface area contributed by atoms with E-state index in [1.807, 2.05) is 49.0 Å². The van der Waals surface area contributed by atoms with E-state index in [2.05, 4.69) is 4.98 Å². The van der Waals surface area contributed by atoms with Gasteiger partial charge in [-0.3, -0.25) is 9.78 Å². The third kappa shape index (κ3) is 3.04. The first-order valence-corrected chi connectivity index (χ1v) is 8.36. The normalized spacial score (nSPS) is 16.4.